The molecule has 0 saturated carbocycles. The summed E-state index contributed by atoms with van der Waals surface area (Å²) in [5, 5.41) is 15.0. The lowest BCUT2D eigenvalue weighted by atomic mass is 9.98. The molecule has 9 heteroatoms. The van der Waals surface area contributed by atoms with E-state index in [4.69, 9.17) is 11.6 Å². The van der Waals surface area contributed by atoms with E-state index >= 15 is 0 Å². The van der Waals surface area contributed by atoms with Gasteiger partial charge in [0.25, 0.3) is 0 Å². The Bertz CT molecular complexity index is 1540. The zero-order valence-electron chi connectivity index (χ0n) is 20.4. The first kappa shape index (κ1) is 25.2. The van der Waals surface area contributed by atoms with Crippen molar-refractivity contribution in [2.24, 2.45) is 0 Å². The lowest BCUT2D eigenvalue weighted by molar-refractivity contribution is 0.653. The van der Waals surface area contributed by atoms with Gasteiger partial charge in [-0.25, -0.2) is 4.79 Å². The van der Waals surface area contributed by atoms with Gasteiger partial charge in [-0.1, -0.05) is 86.0 Å². The van der Waals surface area contributed by atoms with Crippen LogP contribution in [-0.2, 0) is 13.0 Å². The molecular weight excluding hydrogens is 552 g/mol. The van der Waals surface area contributed by atoms with Gasteiger partial charge in [-0.2, -0.15) is 5.21 Å². The highest BCUT2D eigenvalue weighted by atomic mass is 79.9. The van der Waals surface area contributed by atoms with Gasteiger partial charge in [0.2, 0.25) is 5.82 Å². The number of hydrogen-bond donors (Lipinski definition) is 1. The molecule has 7 nitrogen and oxygen atoms in total. The van der Waals surface area contributed by atoms with E-state index in [-0.39, 0.29) is 5.69 Å². The number of tetrazole rings is 1. The molecule has 0 unspecified atom stereocenters. The maximum atomic E-state index is 13.6. The molecule has 0 atom stereocenters. The number of aromatic nitrogens is 6. The lowest BCUT2D eigenvalue weighted by Crippen LogP contribution is -2.25. The Morgan fingerprint density at radius 3 is 2.46 bits per heavy atom. The number of imidazole rings is 1. The monoisotopic (exact) mass is 576 g/mol. The molecule has 0 radical (unpaired) electrons. The van der Waals surface area contributed by atoms with Crippen molar-refractivity contribution < 1.29 is 0 Å². The van der Waals surface area contributed by atoms with E-state index < -0.39 is 0 Å². The molecule has 3 aromatic carbocycles. The van der Waals surface area contributed by atoms with Gasteiger partial charge in [0.1, 0.15) is 0 Å². The number of unbranched alkanes of at least 4 members (excludes halogenated alkanes) is 2. The van der Waals surface area contributed by atoms with Crippen molar-refractivity contribution in [1.29, 1.82) is 0 Å². The molecule has 0 amide bonds. The van der Waals surface area contributed by atoms with Crippen molar-refractivity contribution >= 4 is 27.5 Å². The van der Waals surface area contributed by atoms with E-state index in [1.54, 1.807) is 10.6 Å². The summed E-state index contributed by atoms with van der Waals surface area (Å²) in [6.07, 6.45) is 6.01. The van der Waals surface area contributed by atoms with Crippen LogP contribution in [0, 0.1) is 0 Å². The second-order valence-electron chi connectivity index (χ2n) is 8.86. The Hall–Kier alpha value is -3.49. The van der Waals surface area contributed by atoms with Crippen LogP contribution in [0.3, 0.4) is 0 Å². The molecule has 2 heterocycles. The van der Waals surface area contributed by atoms with Crippen LogP contribution in [0.15, 0.2) is 82.2 Å². The molecule has 0 bridgehead atoms. The maximum Gasteiger partial charge on any atom is 0.333 e. The fourth-order valence-corrected chi connectivity index (χ4v) is 5.45. The molecular formula is C28H26BrClN6O. The van der Waals surface area contributed by atoms with Crippen LogP contribution in [0.1, 0.15) is 37.4 Å². The number of aromatic amines is 1. The minimum atomic E-state index is -0.105. The topological polar surface area (TPSA) is 81.4 Å². The molecule has 0 fully saturated rings. The lowest BCUT2D eigenvalue weighted by Gasteiger charge is -2.10. The highest BCUT2D eigenvalue weighted by molar-refractivity contribution is 9.10. The van der Waals surface area contributed by atoms with Crippen LogP contribution >= 0.6 is 27.5 Å². The van der Waals surface area contributed by atoms with Gasteiger partial charge in [-0.05, 0) is 62.8 Å². The first-order valence-corrected chi connectivity index (χ1v) is 13.4. The zero-order chi connectivity index (χ0) is 25.8. The minimum absolute atomic E-state index is 0.105. The quantitative estimate of drug-likeness (QED) is 0.198. The second kappa shape index (κ2) is 11.3. The van der Waals surface area contributed by atoms with Gasteiger partial charge in [-0.3, -0.25) is 9.13 Å². The van der Waals surface area contributed by atoms with Gasteiger partial charge < -0.3 is 0 Å². The molecule has 37 heavy (non-hydrogen) atoms. The number of nitrogens with one attached hydrogen (secondary N) is 1. The van der Waals surface area contributed by atoms with E-state index in [0.29, 0.717) is 23.1 Å². The number of benzene rings is 3. The van der Waals surface area contributed by atoms with E-state index in [0.717, 1.165) is 58.1 Å². The first-order chi connectivity index (χ1) is 18.1. The summed E-state index contributed by atoms with van der Waals surface area (Å²) in [5.41, 5.74) is 5.55. The molecule has 5 aromatic rings. The third kappa shape index (κ3) is 5.31. The van der Waals surface area contributed by atoms with Crippen molar-refractivity contribution in [3.8, 4) is 28.2 Å². The van der Waals surface area contributed by atoms with Gasteiger partial charge in [-0.15, -0.1) is 10.2 Å². The van der Waals surface area contributed by atoms with Crippen LogP contribution in [-0.4, -0.2) is 29.8 Å². The fraction of sp³-hybridized carbons (Fsp3) is 0.214. The number of para-hydroxylation sites is 1. The molecule has 188 valence electrons. The Balaban J connectivity index is 1.48. The number of hydrogen-bond acceptors (Lipinski definition) is 4. The Morgan fingerprint density at radius 1 is 0.973 bits per heavy atom. The Kier molecular flexibility index (Phi) is 7.67. The number of aryl methyl sites for hydroxylation is 1. The SMILES string of the molecule is CCCCCc1cn(-c2c(Cl)cccc2Br)c(=O)n1Cc1ccc(-c2ccccc2-c2nn[nH]n2)cc1. The van der Waals surface area contributed by atoms with Crippen molar-refractivity contribution in [3.63, 3.8) is 0 Å². The van der Waals surface area contributed by atoms with E-state index in [1.807, 2.05) is 47.2 Å². The molecule has 0 aliphatic rings. The van der Waals surface area contributed by atoms with E-state index in [2.05, 4.69) is 67.7 Å². The molecule has 0 saturated heterocycles. The van der Waals surface area contributed by atoms with Gasteiger partial charge in [0, 0.05) is 21.9 Å². The van der Waals surface area contributed by atoms with Crippen molar-refractivity contribution in [2.45, 2.75) is 39.2 Å². The van der Waals surface area contributed by atoms with Crippen LogP contribution in [0.2, 0.25) is 5.02 Å². The van der Waals surface area contributed by atoms with Crippen molar-refractivity contribution in [1.82, 2.24) is 29.8 Å². The number of H-pyrrole nitrogens is 1. The first-order valence-electron chi connectivity index (χ1n) is 12.2. The predicted octanol–water partition coefficient (Wildman–Crippen LogP) is 6.68. The van der Waals surface area contributed by atoms with Gasteiger partial charge in [0.05, 0.1) is 17.3 Å². The summed E-state index contributed by atoms with van der Waals surface area (Å²) in [7, 11) is 0. The van der Waals surface area contributed by atoms with Crippen molar-refractivity contribution in [3.05, 3.63) is 104 Å². The normalized spacial score (nSPS) is 11.2. The molecule has 0 aliphatic heterocycles. The summed E-state index contributed by atoms with van der Waals surface area (Å²) in [6.45, 7) is 2.65. The molecule has 1 N–H and O–H groups in total. The predicted molar refractivity (Wildman–Crippen MR) is 150 cm³/mol. The molecule has 0 aliphatic carbocycles. The van der Waals surface area contributed by atoms with Crippen LogP contribution in [0.25, 0.3) is 28.2 Å². The highest BCUT2D eigenvalue weighted by Crippen LogP contribution is 2.30. The van der Waals surface area contributed by atoms with E-state index in [9.17, 15) is 4.79 Å². The molecule has 2 aromatic heterocycles. The summed E-state index contributed by atoms with van der Waals surface area (Å²) in [4.78, 5) is 13.6. The molecule has 0 spiro atoms. The third-order valence-electron chi connectivity index (χ3n) is 6.40. The summed E-state index contributed by atoms with van der Waals surface area (Å²) >= 11 is 10.1. The number of rotatable bonds is 9. The van der Waals surface area contributed by atoms with Crippen LogP contribution in [0.5, 0.6) is 0 Å². The average molecular weight is 578 g/mol. The number of halogens is 2. The maximum absolute atomic E-state index is 13.6. The average Bonchev–Trinajstić information content (AvgIpc) is 3.55. The Labute approximate surface area is 228 Å². The highest BCUT2D eigenvalue weighted by Gasteiger charge is 2.17. The zero-order valence-corrected chi connectivity index (χ0v) is 22.7. The van der Waals surface area contributed by atoms with Crippen molar-refractivity contribution in [2.75, 3.05) is 0 Å². The minimum Gasteiger partial charge on any atom is -0.292 e. The van der Waals surface area contributed by atoms with Gasteiger partial charge >= 0.3 is 5.69 Å². The van der Waals surface area contributed by atoms with Gasteiger partial charge in [0.15, 0.2) is 0 Å². The fourth-order valence-electron chi connectivity index (χ4n) is 4.51. The Morgan fingerprint density at radius 2 is 1.76 bits per heavy atom. The second-order valence-corrected chi connectivity index (χ2v) is 10.1. The molecule has 5 rings (SSSR count). The van der Waals surface area contributed by atoms with Crippen LogP contribution < -0.4 is 5.69 Å². The summed E-state index contributed by atoms with van der Waals surface area (Å²) in [5.74, 6) is 0.551. The smallest absolute Gasteiger partial charge is 0.292 e. The summed E-state index contributed by atoms with van der Waals surface area (Å²) in [6, 6.07) is 21.8. The largest absolute Gasteiger partial charge is 0.333 e. The number of nitrogens with zero attached hydrogens (tertiary/aromatic N) is 5. The standard InChI is InChI=1S/C28H26BrClN6O/c1-2-3-4-8-21-18-36(26-24(29)11-7-12-25(26)30)28(37)35(21)17-19-13-15-20(16-14-19)22-9-5-6-10-23(22)27-31-33-34-32-27/h5-7,9-16,18H,2-4,8,17H2,1H3,(H,31,32,33,34). The summed E-state index contributed by atoms with van der Waals surface area (Å²) < 4.78 is 4.29. The third-order valence-corrected chi connectivity index (χ3v) is 7.34. The van der Waals surface area contributed by atoms with Crippen LogP contribution in [0.4, 0.5) is 0 Å². The van der Waals surface area contributed by atoms with E-state index in [1.165, 1.54) is 0 Å².